The first kappa shape index (κ1) is 34.9. The number of fused-ring (bicyclic) bond motifs is 5. The molecule has 7 heteroatoms. The summed E-state index contributed by atoms with van der Waals surface area (Å²) in [6, 6.07) is 0. The van der Waals surface area contributed by atoms with Crippen LogP contribution in [0.15, 0.2) is 0 Å². The average molecular weight is 621 g/mol. The molecule has 4 saturated carbocycles. The minimum atomic E-state index is -1.85. The molecule has 1 N–H and O–H groups in total. The molecule has 6 nitrogen and oxygen atoms in total. The Morgan fingerprint density at radius 1 is 0.953 bits per heavy atom. The van der Waals surface area contributed by atoms with E-state index in [0.29, 0.717) is 54.0 Å². The van der Waals surface area contributed by atoms with Gasteiger partial charge in [-0.3, -0.25) is 4.79 Å². The number of rotatable bonds is 8. The van der Waals surface area contributed by atoms with Gasteiger partial charge in [0.15, 0.2) is 8.32 Å². The van der Waals surface area contributed by atoms with Gasteiger partial charge in [0.05, 0.1) is 12.2 Å². The number of carbonyl (C=O) groups excluding carboxylic acids is 2. The van der Waals surface area contributed by atoms with Crippen LogP contribution in [0.5, 0.6) is 0 Å². The van der Waals surface area contributed by atoms with Gasteiger partial charge in [0.25, 0.3) is 0 Å². The molecule has 248 valence electrons. The summed E-state index contributed by atoms with van der Waals surface area (Å²) in [7, 11) is -1.85. The zero-order valence-electron chi connectivity index (χ0n) is 29.3. The molecule has 5 unspecified atom stereocenters. The van der Waals surface area contributed by atoms with Crippen molar-refractivity contribution in [1.29, 1.82) is 0 Å². The third-order valence-corrected chi connectivity index (χ3v) is 18.3. The molecule has 0 amide bonds. The van der Waals surface area contributed by atoms with Crippen molar-refractivity contribution in [3.8, 4) is 0 Å². The van der Waals surface area contributed by atoms with Crippen LogP contribution < -0.4 is 0 Å². The second kappa shape index (κ2) is 12.7. The molecule has 0 spiro atoms. The lowest BCUT2D eigenvalue weighted by Gasteiger charge is -2.65. The van der Waals surface area contributed by atoms with Crippen molar-refractivity contribution < 1.29 is 28.6 Å². The van der Waals surface area contributed by atoms with Crippen molar-refractivity contribution in [1.82, 2.24) is 0 Å². The van der Waals surface area contributed by atoms with Gasteiger partial charge in [0.1, 0.15) is 0 Å². The highest BCUT2D eigenvalue weighted by atomic mass is 28.4. The van der Waals surface area contributed by atoms with E-state index in [1.807, 2.05) is 0 Å². The number of ether oxygens (including phenoxy) is 2. The maximum atomic E-state index is 12.4. The van der Waals surface area contributed by atoms with Gasteiger partial charge in [-0.2, -0.15) is 0 Å². The Kier molecular flexibility index (Phi) is 10.3. The van der Waals surface area contributed by atoms with Crippen LogP contribution >= 0.6 is 0 Å². The van der Waals surface area contributed by atoms with Crippen LogP contribution in [0.25, 0.3) is 0 Å². The highest BCUT2D eigenvalue weighted by Crippen LogP contribution is 2.69. The van der Waals surface area contributed by atoms with E-state index in [-0.39, 0.29) is 34.5 Å². The topological polar surface area (TPSA) is 82.1 Å². The number of esters is 1. The molecule has 43 heavy (non-hydrogen) atoms. The van der Waals surface area contributed by atoms with Gasteiger partial charge < -0.3 is 19.0 Å². The van der Waals surface area contributed by atoms with Crippen molar-refractivity contribution >= 4 is 20.4 Å². The van der Waals surface area contributed by atoms with E-state index in [4.69, 9.17) is 13.9 Å². The van der Waals surface area contributed by atoms with E-state index in [9.17, 15) is 14.7 Å². The fraction of sp³-hybridized carbons (Fsp3) is 0.944. The fourth-order valence-corrected chi connectivity index (χ4v) is 11.9. The fourth-order valence-electron chi connectivity index (χ4n) is 10.5. The zero-order valence-corrected chi connectivity index (χ0v) is 30.3. The minimum Gasteiger partial charge on any atom is -0.431 e. The summed E-state index contributed by atoms with van der Waals surface area (Å²) in [5.41, 5.74) is 0.434. The van der Waals surface area contributed by atoms with Crippen LogP contribution in [-0.2, 0) is 18.7 Å². The van der Waals surface area contributed by atoms with Crippen LogP contribution in [0.1, 0.15) is 127 Å². The molecule has 0 aromatic heterocycles. The van der Waals surface area contributed by atoms with Gasteiger partial charge in [0.2, 0.25) is 0 Å². The lowest BCUT2D eigenvalue weighted by Crippen LogP contribution is -2.62. The molecule has 4 fully saturated rings. The Bertz CT molecular complexity index is 1000. The normalized spacial score (nSPS) is 40.3. The van der Waals surface area contributed by atoms with E-state index in [0.717, 1.165) is 25.7 Å². The number of aliphatic hydroxyl groups excluding tert-OH is 1. The van der Waals surface area contributed by atoms with E-state index in [2.05, 4.69) is 61.6 Å². The van der Waals surface area contributed by atoms with Crippen molar-refractivity contribution in [2.75, 3.05) is 0 Å². The molecule has 0 bridgehead atoms. The van der Waals surface area contributed by atoms with Gasteiger partial charge in [-0.15, -0.1) is 0 Å². The predicted octanol–water partition coefficient (Wildman–Crippen LogP) is 9.15. The third-order valence-electron chi connectivity index (χ3n) is 13.7. The summed E-state index contributed by atoms with van der Waals surface area (Å²) in [5, 5.41) is 12.4. The van der Waals surface area contributed by atoms with Crippen molar-refractivity contribution in [2.45, 2.75) is 163 Å². The molecule has 4 rings (SSSR count). The summed E-state index contributed by atoms with van der Waals surface area (Å²) in [6.07, 6.45) is 9.02. The maximum absolute atomic E-state index is 12.4. The number of carbonyl (C=O) groups is 2. The van der Waals surface area contributed by atoms with Gasteiger partial charge in [-0.05, 0) is 136 Å². The summed E-state index contributed by atoms with van der Waals surface area (Å²) < 4.78 is 16.9. The van der Waals surface area contributed by atoms with Crippen LogP contribution in [0, 0.1) is 52.3 Å². The molecule has 0 aliphatic heterocycles. The summed E-state index contributed by atoms with van der Waals surface area (Å²) in [6.45, 7) is 24.9. The summed E-state index contributed by atoms with van der Waals surface area (Å²) >= 11 is 0. The average Bonchev–Trinajstić information content (AvgIpc) is 3.24. The van der Waals surface area contributed by atoms with Gasteiger partial charge in [0, 0.05) is 12.5 Å². The molecule has 0 aromatic carbocycles. The highest BCUT2D eigenvalue weighted by molar-refractivity contribution is 6.74. The molecule has 0 radical (unpaired) electrons. The molecule has 4 aliphatic carbocycles. The third kappa shape index (κ3) is 6.66. The Labute approximate surface area is 263 Å². The number of hydrogen-bond acceptors (Lipinski definition) is 6. The second-order valence-corrected chi connectivity index (χ2v) is 22.1. The van der Waals surface area contributed by atoms with E-state index < -0.39 is 20.4 Å². The van der Waals surface area contributed by atoms with Gasteiger partial charge in [-0.1, -0.05) is 54.9 Å². The monoisotopic (exact) mass is 620 g/mol. The quantitative estimate of drug-likeness (QED) is 0.166. The smallest absolute Gasteiger partial charge is 0.431 e. The molecule has 4 aliphatic rings. The first-order valence-electron chi connectivity index (χ1n) is 17.6. The molecular weight excluding hydrogens is 556 g/mol. The SMILES string of the molecule is CC[C@@H]1C2CC(O[Si](C)(C)C(C)(C)C)CCC2(C)[C@H]2CCC3(C)C([C@H](C)CCC(=O)OC(=O)OC(C)C)CC[C@H]3[C@@H]2[C@@H]1O. The first-order chi connectivity index (χ1) is 19.9. The lowest BCUT2D eigenvalue weighted by molar-refractivity contribution is -0.202. The molecule has 0 aromatic rings. The van der Waals surface area contributed by atoms with Crippen LogP contribution in [-0.4, -0.2) is 43.9 Å². The Morgan fingerprint density at radius 2 is 1.58 bits per heavy atom. The summed E-state index contributed by atoms with van der Waals surface area (Å²) in [4.78, 5) is 24.1. The van der Waals surface area contributed by atoms with E-state index in [1.165, 1.54) is 25.7 Å². The van der Waals surface area contributed by atoms with Crippen LogP contribution in [0.4, 0.5) is 4.79 Å². The zero-order chi connectivity index (χ0) is 32.1. The first-order valence-corrected chi connectivity index (χ1v) is 20.5. The van der Waals surface area contributed by atoms with E-state index >= 15 is 0 Å². The van der Waals surface area contributed by atoms with E-state index in [1.54, 1.807) is 13.8 Å². The number of aliphatic hydroxyl groups is 1. The summed E-state index contributed by atoms with van der Waals surface area (Å²) in [5.74, 6) is 2.67. The van der Waals surface area contributed by atoms with Crippen molar-refractivity contribution in [3.05, 3.63) is 0 Å². The van der Waals surface area contributed by atoms with Crippen LogP contribution in [0.3, 0.4) is 0 Å². The second-order valence-electron chi connectivity index (χ2n) is 17.4. The Hall–Kier alpha value is -0.923. The molecular formula is C36H64O6Si. The lowest BCUT2D eigenvalue weighted by atomic mass is 9.41. The maximum Gasteiger partial charge on any atom is 0.516 e. The Morgan fingerprint density at radius 3 is 2.19 bits per heavy atom. The predicted molar refractivity (Wildman–Crippen MR) is 174 cm³/mol. The van der Waals surface area contributed by atoms with Crippen molar-refractivity contribution in [2.24, 2.45) is 52.3 Å². The molecule has 11 atom stereocenters. The highest BCUT2D eigenvalue weighted by Gasteiger charge is 2.65. The molecule has 0 saturated heterocycles. The number of hydrogen-bond donors (Lipinski definition) is 1. The molecule has 0 heterocycles. The van der Waals surface area contributed by atoms with Gasteiger partial charge in [-0.25, -0.2) is 4.79 Å². The van der Waals surface area contributed by atoms with Gasteiger partial charge >= 0.3 is 12.1 Å². The Balaban J connectivity index is 1.46. The largest absolute Gasteiger partial charge is 0.516 e. The minimum absolute atomic E-state index is 0.173. The van der Waals surface area contributed by atoms with Crippen LogP contribution in [0.2, 0.25) is 18.1 Å². The van der Waals surface area contributed by atoms with Crippen molar-refractivity contribution in [3.63, 3.8) is 0 Å². The standard InChI is InChI=1S/C36H64O6Si/c1-12-25-29-21-24(42-43(10,11)34(5,6)7)17-19-36(29,9)28-18-20-35(8)26(14-15-27(35)31(28)32(25)38)23(4)13-16-30(37)41-33(39)40-22(2)3/h22-29,31-32,38H,12-21H2,1-11H3/t23-,24?,25-,26?,27+,28+,29?,31+,32-,35?,36?/m1/s1.